The fourth-order valence-corrected chi connectivity index (χ4v) is 0.568. The number of hydrogen-bond donors (Lipinski definition) is 0. The second-order valence-corrected chi connectivity index (χ2v) is 3.96. The molecule has 0 aromatic rings. The average Bonchev–Trinajstić information content (AvgIpc) is 1.88. The first-order valence-electron chi connectivity index (χ1n) is 3.19. The first-order chi connectivity index (χ1) is 4.92. The number of carbonyl (C=O) groups is 1. The number of ether oxygens (including phenoxy) is 1. The van der Waals surface area contributed by atoms with Gasteiger partial charge >= 0.3 is 35.5 Å². The molecule has 0 amide bonds. The largest absolute Gasteiger partial charge is 1.00 e. The second-order valence-electron chi connectivity index (χ2n) is 2.47. The van der Waals surface area contributed by atoms with Gasteiger partial charge in [-0.25, -0.2) is 0 Å². The van der Waals surface area contributed by atoms with Crippen molar-refractivity contribution in [3.63, 3.8) is 0 Å². The minimum absolute atomic E-state index is 0. The van der Waals surface area contributed by atoms with Crippen LogP contribution in [0.2, 0.25) is 0 Å². The average molecular weight is 202 g/mol. The van der Waals surface area contributed by atoms with E-state index < -0.39 is 21.8 Å². The molecule has 1 unspecified atom stereocenters. The summed E-state index contributed by atoms with van der Waals surface area (Å²) in [6, 6.07) is 0. The Bertz CT molecular complexity index is 180. The van der Waals surface area contributed by atoms with Crippen molar-refractivity contribution in [1.29, 1.82) is 0 Å². The van der Waals surface area contributed by atoms with Crippen LogP contribution >= 0.6 is 0 Å². The molecule has 0 saturated heterocycles. The maximum absolute atomic E-state index is 10.9. The molecule has 66 valence electrons. The number of rotatable bonds is 3. The van der Waals surface area contributed by atoms with Crippen LogP contribution in [0.5, 0.6) is 0 Å². The smallest absolute Gasteiger partial charge is 0.771 e. The van der Waals surface area contributed by atoms with Crippen LogP contribution in [0, 0.1) is 0 Å². The van der Waals surface area contributed by atoms with Gasteiger partial charge in [-0.15, -0.1) is 0 Å². The van der Waals surface area contributed by atoms with Gasteiger partial charge in [0.2, 0.25) is 0 Å². The zero-order valence-electron chi connectivity index (χ0n) is 7.75. The number of esters is 1. The van der Waals surface area contributed by atoms with Crippen molar-refractivity contribution in [2.24, 2.45) is 0 Å². The van der Waals surface area contributed by atoms with E-state index in [-0.39, 0.29) is 36.2 Å². The van der Waals surface area contributed by atoms with E-state index in [9.17, 15) is 13.6 Å². The van der Waals surface area contributed by atoms with Crippen LogP contribution in [0.1, 0.15) is 20.8 Å². The van der Waals surface area contributed by atoms with Crippen LogP contribution < -0.4 is 29.6 Å². The standard InChI is InChI=1S/C6H12O4S.Na/c1-4-10-5(7)6(2,3)11(8)9;/h4H2,1-3H3,(H,8,9);/q;+1/p-1. The first-order valence-corrected chi connectivity index (χ1v) is 4.27. The van der Waals surface area contributed by atoms with E-state index in [1.807, 2.05) is 0 Å². The Morgan fingerprint density at radius 2 is 2.00 bits per heavy atom. The quantitative estimate of drug-likeness (QED) is 0.282. The molecule has 6 heteroatoms. The summed E-state index contributed by atoms with van der Waals surface area (Å²) in [6.07, 6.45) is 0. The van der Waals surface area contributed by atoms with Crippen LogP contribution in [0.25, 0.3) is 0 Å². The van der Waals surface area contributed by atoms with Crippen molar-refractivity contribution >= 4 is 17.0 Å². The molecular formula is C6H11NaO4S. The molecule has 0 aliphatic carbocycles. The SMILES string of the molecule is CCOC(=O)C(C)(C)S(=O)[O-].[Na+]. The molecule has 0 radical (unpaired) electrons. The van der Waals surface area contributed by atoms with Gasteiger partial charge in [-0.1, -0.05) is 0 Å². The Kier molecular flexibility index (Phi) is 7.66. The van der Waals surface area contributed by atoms with Crippen molar-refractivity contribution in [2.45, 2.75) is 25.5 Å². The van der Waals surface area contributed by atoms with Gasteiger partial charge in [0.15, 0.2) is 0 Å². The molecule has 0 spiro atoms. The topological polar surface area (TPSA) is 66.4 Å². The van der Waals surface area contributed by atoms with Crippen LogP contribution in [-0.4, -0.2) is 26.1 Å². The van der Waals surface area contributed by atoms with Crippen molar-refractivity contribution in [2.75, 3.05) is 6.61 Å². The van der Waals surface area contributed by atoms with E-state index >= 15 is 0 Å². The van der Waals surface area contributed by atoms with Gasteiger partial charge in [0.05, 0.1) is 6.61 Å². The predicted octanol–water partition coefficient (Wildman–Crippen LogP) is -2.79. The Morgan fingerprint density at radius 3 is 2.25 bits per heavy atom. The predicted molar refractivity (Wildman–Crippen MR) is 39.6 cm³/mol. The summed E-state index contributed by atoms with van der Waals surface area (Å²) in [5.74, 6) is -0.715. The van der Waals surface area contributed by atoms with Gasteiger partial charge < -0.3 is 9.29 Å². The van der Waals surface area contributed by atoms with Gasteiger partial charge in [-0.3, -0.25) is 9.00 Å². The van der Waals surface area contributed by atoms with Crippen molar-refractivity contribution in [3.05, 3.63) is 0 Å². The minimum Gasteiger partial charge on any atom is -0.771 e. The summed E-state index contributed by atoms with van der Waals surface area (Å²) in [5, 5.41) is 0. The Morgan fingerprint density at radius 1 is 1.58 bits per heavy atom. The number of carbonyl (C=O) groups excluding carboxylic acids is 1. The molecule has 0 saturated carbocycles. The van der Waals surface area contributed by atoms with Crippen molar-refractivity contribution < 1.29 is 47.9 Å². The molecule has 0 bridgehead atoms. The zero-order chi connectivity index (χ0) is 9.07. The normalized spacial score (nSPS) is 13.0. The Balaban J connectivity index is 0. The Labute approximate surface area is 96.6 Å². The summed E-state index contributed by atoms with van der Waals surface area (Å²) in [7, 11) is 0. The first kappa shape index (κ1) is 15.1. The van der Waals surface area contributed by atoms with Crippen LogP contribution in [0.4, 0.5) is 0 Å². The van der Waals surface area contributed by atoms with Gasteiger partial charge in [0, 0.05) is 0 Å². The third kappa shape index (κ3) is 4.00. The number of hydrogen-bond acceptors (Lipinski definition) is 4. The summed E-state index contributed by atoms with van der Waals surface area (Å²) in [6.45, 7) is 4.42. The molecule has 0 aliphatic rings. The molecule has 0 N–H and O–H groups in total. The molecule has 0 aliphatic heterocycles. The van der Waals surface area contributed by atoms with Gasteiger partial charge in [0.1, 0.15) is 4.75 Å². The summed E-state index contributed by atoms with van der Waals surface area (Å²) < 4.78 is 24.0. The summed E-state index contributed by atoms with van der Waals surface area (Å²) in [5.41, 5.74) is 0. The summed E-state index contributed by atoms with van der Waals surface area (Å²) in [4.78, 5) is 10.9. The van der Waals surface area contributed by atoms with Crippen molar-refractivity contribution in [1.82, 2.24) is 0 Å². The van der Waals surface area contributed by atoms with E-state index in [4.69, 9.17) is 0 Å². The molecule has 1 atom stereocenters. The van der Waals surface area contributed by atoms with Gasteiger partial charge in [-0.2, -0.15) is 0 Å². The van der Waals surface area contributed by atoms with Crippen molar-refractivity contribution in [3.8, 4) is 0 Å². The van der Waals surface area contributed by atoms with E-state index in [1.165, 1.54) is 13.8 Å². The fourth-order valence-electron chi connectivity index (χ4n) is 0.373. The molecule has 0 heterocycles. The van der Waals surface area contributed by atoms with E-state index in [0.29, 0.717) is 0 Å². The molecule has 0 rings (SSSR count). The Hall–Kier alpha value is 0.580. The van der Waals surface area contributed by atoms with E-state index in [1.54, 1.807) is 6.92 Å². The van der Waals surface area contributed by atoms with Gasteiger partial charge in [-0.05, 0) is 31.9 Å². The maximum Gasteiger partial charge on any atom is 1.00 e. The monoisotopic (exact) mass is 202 g/mol. The molecule has 4 nitrogen and oxygen atoms in total. The van der Waals surface area contributed by atoms with E-state index in [0.717, 1.165) is 0 Å². The van der Waals surface area contributed by atoms with Crippen LogP contribution in [0.3, 0.4) is 0 Å². The molecule has 0 aromatic carbocycles. The third-order valence-corrected chi connectivity index (χ3v) is 2.18. The second kappa shape index (κ2) is 6.10. The van der Waals surface area contributed by atoms with Crippen LogP contribution in [0.15, 0.2) is 0 Å². The molecule has 0 fully saturated rings. The van der Waals surface area contributed by atoms with E-state index in [2.05, 4.69) is 4.74 Å². The zero-order valence-corrected chi connectivity index (χ0v) is 10.6. The fraction of sp³-hybridized carbons (Fsp3) is 0.833. The molecule has 12 heavy (non-hydrogen) atoms. The summed E-state index contributed by atoms with van der Waals surface area (Å²) >= 11 is -2.43. The maximum atomic E-state index is 10.9. The third-order valence-electron chi connectivity index (χ3n) is 1.18. The van der Waals surface area contributed by atoms with Gasteiger partial charge in [0.25, 0.3) is 0 Å². The van der Waals surface area contributed by atoms with Crippen LogP contribution in [-0.2, 0) is 20.6 Å². The molecule has 0 aromatic heterocycles. The molecular weight excluding hydrogens is 191 g/mol. The minimum atomic E-state index is -2.43.